The Kier molecular flexibility index (Phi) is 6.64. The summed E-state index contributed by atoms with van der Waals surface area (Å²) in [6.45, 7) is -1.36. The van der Waals surface area contributed by atoms with E-state index < -0.39 is 53.1 Å². The molecule has 0 aromatic heterocycles. The van der Waals surface area contributed by atoms with Crippen molar-refractivity contribution in [3.8, 4) is 0 Å². The Morgan fingerprint density at radius 2 is 1.27 bits per heavy atom. The zero-order chi connectivity index (χ0) is 18.0. The molecule has 0 amide bonds. The number of phosphoric acid groups is 2. The third-order valence-corrected chi connectivity index (χ3v) is 4.21. The summed E-state index contributed by atoms with van der Waals surface area (Å²) in [5, 5.41) is 0. The maximum absolute atomic E-state index is 13.1. The van der Waals surface area contributed by atoms with Gasteiger partial charge in [-0.3, -0.25) is 4.52 Å². The minimum absolute atomic E-state index is 1.34. The highest BCUT2D eigenvalue weighted by atomic mass is 31.3. The van der Waals surface area contributed by atoms with Crippen LogP contribution in [0.25, 0.3) is 0 Å². The standard InChI is InChI=1S/C6H9F7O7P2/c7-4(5(8,9)10,6(11,12)13)2-1-3-19-22(17,18)20-21(14,15)16/h1-3H2,(H,17,18)(H2,14,15,16). The highest BCUT2D eigenvalue weighted by Gasteiger charge is 2.71. The maximum atomic E-state index is 13.1. The van der Waals surface area contributed by atoms with Crippen molar-refractivity contribution >= 4 is 15.6 Å². The predicted molar refractivity (Wildman–Crippen MR) is 54.1 cm³/mol. The molecule has 0 spiro atoms. The Morgan fingerprint density at radius 1 is 0.864 bits per heavy atom. The third kappa shape index (κ3) is 6.49. The lowest BCUT2D eigenvalue weighted by Gasteiger charge is -2.29. The molecule has 0 aliphatic rings. The van der Waals surface area contributed by atoms with Crippen molar-refractivity contribution in [2.24, 2.45) is 0 Å². The summed E-state index contributed by atoms with van der Waals surface area (Å²) < 4.78 is 114. The average Bonchev–Trinajstić information content (AvgIpc) is 2.17. The van der Waals surface area contributed by atoms with Gasteiger partial charge in [-0.1, -0.05) is 0 Å². The molecular weight excluding hydrogens is 379 g/mol. The summed E-state index contributed by atoms with van der Waals surface area (Å²) >= 11 is 0. The predicted octanol–water partition coefficient (Wildman–Crippen LogP) is 2.83. The molecule has 0 aromatic rings. The van der Waals surface area contributed by atoms with Gasteiger partial charge >= 0.3 is 28.0 Å². The minimum atomic E-state index is -6.28. The van der Waals surface area contributed by atoms with Crippen molar-refractivity contribution in [3.63, 3.8) is 0 Å². The van der Waals surface area contributed by atoms with Gasteiger partial charge in [0.1, 0.15) is 0 Å². The first-order chi connectivity index (χ1) is 9.41. The van der Waals surface area contributed by atoms with Gasteiger partial charge in [-0.25, -0.2) is 13.5 Å². The van der Waals surface area contributed by atoms with Crippen molar-refractivity contribution in [2.75, 3.05) is 6.61 Å². The van der Waals surface area contributed by atoms with Crippen LogP contribution in [-0.2, 0) is 18.0 Å². The van der Waals surface area contributed by atoms with E-state index in [1.54, 1.807) is 0 Å². The van der Waals surface area contributed by atoms with Crippen LogP contribution in [0.3, 0.4) is 0 Å². The lowest BCUT2D eigenvalue weighted by Crippen LogP contribution is -2.53. The van der Waals surface area contributed by atoms with Gasteiger partial charge in [0.15, 0.2) is 0 Å². The number of halogens is 7. The summed E-state index contributed by atoms with van der Waals surface area (Å²) in [4.78, 5) is 25.0. The van der Waals surface area contributed by atoms with E-state index in [2.05, 4.69) is 8.83 Å². The van der Waals surface area contributed by atoms with Crippen molar-refractivity contribution < 1.29 is 63.4 Å². The molecule has 0 radical (unpaired) electrons. The number of rotatable bonds is 7. The fraction of sp³-hybridized carbons (Fsp3) is 1.00. The number of hydrogen-bond acceptors (Lipinski definition) is 4. The molecule has 22 heavy (non-hydrogen) atoms. The highest BCUT2D eigenvalue weighted by Crippen LogP contribution is 2.57. The zero-order valence-corrected chi connectivity index (χ0v) is 11.9. The monoisotopic (exact) mass is 388 g/mol. The average molecular weight is 388 g/mol. The largest absolute Gasteiger partial charge is 0.481 e. The van der Waals surface area contributed by atoms with E-state index in [0.717, 1.165) is 0 Å². The number of hydrogen-bond donors (Lipinski definition) is 3. The number of phosphoric ester groups is 1. The molecule has 0 heterocycles. The molecule has 1 unspecified atom stereocenters. The molecule has 0 bridgehead atoms. The van der Waals surface area contributed by atoms with Gasteiger partial charge in [0, 0.05) is 6.42 Å². The van der Waals surface area contributed by atoms with Crippen LogP contribution < -0.4 is 0 Å². The van der Waals surface area contributed by atoms with Gasteiger partial charge in [-0.05, 0) is 6.42 Å². The van der Waals surface area contributed by atoms with E-state index >= 15 is 0 Å². The summed E-state index contributed by atoms with van der Waals surface area (Å²) in [5.41, 5.74) is -5.56. The van der Waals surface area contributed by atoms with Crippen LogP contribution in [0.2, 0.25) is 0 Å². The van der Waals surface area contributed by atoms with Crippen LogP contribution in [0, 0.1) is 0 Å². The van der Waals surface area contributed by atoms with Crippen LogP contribution in [-0.4, -0.2) is 39.3 Å². The molecule has 0 aliphatic carbocycles. The molecule has 0 saturated heterocycles. The Hall–Kier alpha value is -0.230. The third-order valence-electron chi connectivity index (χ3n) is 2.03. The highest BCUT2D eigenvalue weighted by molar-refractivity contribution is 7.60. The lowest BCUT2D eigenvalue weighted by atomic mass is 9.98. The van der Waals surface area contributed by atoms with Crippen LogP contribution in [0.4, 0.5) is 30.7 Å². The Balaban J connectivity index is 4.69. The van der Waals surface area contributed by atoms with Gasteiger partial charge in [0.05, 0.1) is 6.61 Å². The molecule has 0 fully saturated rings. The molecule has 3 N–H and O–H groups in total. The summed E-state index contributed by atoms with van der Waals surface area (Å²) in [7, 11) is -10.9. The Morgan fingerprint density at radius 3 is 1.59 bits per heavy atom. The van der Waals surface area contributed by atoms with Crippen LogP contribution in [0.5, 0.6) is 0 Å². The smallest absolute Gasteiger partial charge is 0.302 e. The fourth-order valence-electron chi connectivity index (χ4n) is 1.10. The molecular formula is C6H9F7O7P2. The van der Waals surface area contributed by atoms with Gasteiger partial charge in [-0.2, -0.15) is 30.7 Å². The van der Waals surface area contributed by atoms with E-state index in [1.165, 1.54) is 0 Å². The van der Waals surface area contributed by atoms with Crippen molar-refractivity contribution in [2.45, 2.75) is 30.9 Å². The molecule has 134 valence electrons. The number of alkyl halides is 7. The first-order valence-corrected chi connectivity index (χ1v) is 8.00. The van der Waals surface area contributed by atoms with E-state index in [-0.39, 0.29) is 0 Å². The second-order valence-electron chi connectivity index (χ2n) is 3.77. The molecule has 0 aromatic carbocycles. The SMILES string of the molecule is O=P(O)(O)OP(=O)(O)OCCCC(F)(C(F)(F)F)C(F)(F)F. The topological polar surface area (TPSA) is 113 Å². The summed E-state index contributed by atoms with van der Waals surface area (Å²) in [5.74, 6) is 0. The van der Waals surface area contributed by atoms with E-state index in [0.29, 0.717) is 0 Å². The molecule has 0 rings (SSSR count). The van der Waals surface area contributed by atoms with E-state index in [4.69, 9.17) is 14.7 Å². The molecule has 16 heteroatoms. The zero-order valence-electron chi connectivity index (χ0n) is 10.1. The Bertz CT molecular complexity index is 455. The molecule has 0 saturated carbocycles. The fourth-order valence-corrected chi connectivity index (χ4v) is 2.72. The summed E-state index contributed by atoms with van der Waals surface area (Å²) in [6, 6.07) is 0. The quantitative estimate of drug-likeness (QED) is 0.349. The van der Waals surface area contributed by atoms with Crippen molar-refractivity contribution in [3.05, 3.63) is 0 Å². The summed E-state index contributed by atoms with van der Waals surface area (Å²) in [6.07, 6.45) is -16.1. The second kappa shape index (κ2) is 6.71. The van der Waals surface area contributed by atoms with Gasteiger partial charge in [-0.15, -0.1) is 0 Å². The van der Waals surface area contributed by atoms with Gasteiger partial charge in [0.25, 0.3) is 5.67 Å². The van der Waals surface area contributed by atoms with E-state index in [1.807, 2.05) is 0 Å². The minimum Gasteiger partial charge on any atom is -0.302 e. The van der Waals surface area contributed by atoms with Crippen LogP contribution in [0.15, 0.2) is 0 Å². The normalized spacial score (nSPS) is 17.4. The second-order valence-corrected chi connectivity index (χ2v) is 6.60. The van der Waals surface area contributed by atoms with Crippen LogP contribution >= 0.6 is 15.6 Å². The first-order valence-electron chi connectivity index (χ1n) is 4.98. The molecule has 0 aliphatic heterocycles. The Labute approximate surface area is 117 Å². The van der Waals surface area contributed by atoms with Crippen LogP contribution in [0.1, 0.15) is 12.8 Å². The van der Waals surface area contributed by atoms with Crippen molar-refractivity contribution in [1.29, 1.82) is 0 Å². The van der Waals surface area contributed by atoms with Crippen molar-refractivity contribution in [1.82, 2.24) is 0 Å². The maximum Gasteiger partial charge on any atom is 0.481 e. The van der Waals surface area contributed by atoms with Gasteiger partial charge < -0.3 is 14.7 Å². The molecule has 7 nitrogen and oxygen atoms in total. The first kappa shape index (κ1) is 21.8. The molecule has 1 atom stereocenters. The lowest BCUT2D eigenvalue weighted by molar-refractivity contribution is -0.343. The van der Waals surface area contributed by atoms with Gasteiger partial charge in [0.2, 0.25) is 0 Å². The van der Waals surface area contributed by atoms with E-state index in [9.17, 15) is 39.9 Å².